The Hall–Kier alpha value is -1.29. The van der Waals surface area contributed by atoms with E-state index in [1.807, 2.05) is 0 Å². The minimum absolute atomic E-state index is 0.000318. The molecule has 21 heavy (non-hydrogen) atoms. The molecule has 1 aliphatic heterocycles. The standard InChI is InChI=1S/C17H25FN2O/c1-13(2)14-4-3-9-20(10-7-14)11-8-17(21)16-6-5-15(18)12-19-16/h5-6,12-14H,3-4,7-11H2,1-2H3. The second kappa shape index (κ2) is 7.64. The van der Waals surface area contributed by atoms with Crippen molar-refractivity contribution in [1.29, 1.82) is 0 Å². The molecule has 1 unspecified atom stereocenters. The third-order valence-electron chi connectivity index (χ3n) is 4.48. The highest BCUT2D eigenvalue weighted by molar-refractivity contribution is 5.94. The number of halogens is 1. The van der Waals surface area contributed by atoms with Gasteiger partial charge in [-0.25, -0.2) is 4.39 Å². The SMILES string of the molecule is CC(C)C1CCCN(CCC(=O)c2ccc(F)cn2)CC1. The monoisotopic (exact) mass is 292 g/mol. The molecule has 1 aromatic heterocycles. The number of pyridine rings is 1. The molecule has 0 bridgehead atoms. The van der Waals surface area contributed by atoms with Crippen LogP contribution in [0.5, 0.6) is 0 Å². The molecule has 3 nitrogen and oxygen atoms in total. The van der Waals surface area contributed by atoms with Crippen LogP contribution in [0.25, 0.3) is 0 Å². The Morgan fingerprint density at radius 1 is 1.38 bits per heavy atom. The molecule has 1 aromatic rings. The van der Waals surface area contributed by atoms with Crippen LogP contribution in [0.3, 0.4) is 0 Å². The quantitative estimate of drug-likeness (QED) is 0.778. The molecular formula is C17H25FN2O. The zero-order valence-electron chi connectivity index (χ0n) is 13.0. The van der Waals surface area contributed by atoms with E-state index in [1.165, 1.54) is 31.4 Å². The van der Waals surface area contributed by atoms with Crippen molar-refractivity contribution in [3.63, 3.8) is 0 Å². The number of ketones is 1. The normalized spacial score (nSPS) is 20.5. The summed E-state index contributed by atoms with van der Waals surface area (Å²) in [5.41, 5.74) is 0.367. The fraction of sp³-hybridized carbons (Fsp3) is 0.647. The highest BCUT2D eigenvalue weighted by Crippen LogP contribution is 2.24. The molecule has 0 aromatic carbocycles. The third kappa shape index (κ3) is 4.88. The van der Waals surface area contributed by atoms with Gasteiger partial charge in [-0.3, -0.25) is 9.78 Å². The lowest BCUT2D eigenvalue weighted by atomic mass is 9.89. The number of aromatic nitrogens is 1. The summed E-state index contributed by atoms with van der Waals surface area (Å²) < 4.78 is 12.8. The van der Waals surface area contributed by atoms with Crippen molar-refractivity contribution in [2.75, 3.05) is 19.6 Å². The largest absolute Gasteiger partial charge is 0.303 e. The van der Waals surface area contributed by atoms with Crippen LogP contribution in [0.15, 0.2) is 18.3 Å². The van der Waals surface area contributed by atoms with Crippen LogP contribution in [0.4, 0.5) is 4.39 Å². The average molecular weight is 292 g/mol. The molecule has 0 N–H and O–H groups in total. The van der Waals surface area contributed by atoms with Gasteiger partial charge in [-0.15, -0.1) is 0 Å². The van der Waals surface area contributed by atoms with Gasteiger partial charge < -0.3 is 4.90 Å². The van der Waals surface area contributed by atoms with E-state index in [1.54, 1.807) is 0 Å². The van der Waals surface area contributed by atoms with Crippen molar-refractivity contribution >= 4 is 5.78 Å². The molecule has 4 heteroatoms. The van der Waals surface area contributed by atoms with Gasteiger partial charge in [0, 0.05) is 13.0 Å². The number of carbonyl (C=O) groups excluding carboxylic acids is 1. The van der Waals surface area contributed by atoms with Crippen molar-refractivity contribution in [3.8, 4) is 0 Å². The van der Waals surface area contributed by atoms with Crippen LogP contribution in [-0.4, -0.2) is 35.3 Å². The van der Waals surface area contributed by atoms with Gasteiger partial charge >= 0.3 is 0 Å². The molecule has 0 amide bonds. The summed E-state index contributed by atoms with van der Waals surface area (Å²) in [6, 6.07) is 2.76. The number of Topliss-reactive ketones (excluding diaryl/α,β-unsaturated/α-hetero) is 1. The molecule has 1 fully saturated rings. The Morgan fingerprint density at radius 3 is 2.86 bits per heavy atom. The summed E-state index contributed by atoms with van der Waals surface area (Å²) in [6.45, 7) is 7.52. The first-order valence-corrected chi connectivity index (χ1v) is 7.93. The summed E-state index contributed by atoms with van der Waals surface area (Å²) in [7, 11) is 0. The molecule has 116 valence electrons. The lowest BCUT2D eigenvalue weighted by molar-refractivity contribution is 0.0959. The van der Waals surface area contributed by atoms with Gasteiger partial charge in [0.15, 0.2) is 5.78 Å². The molecule has 0 radical (unpaired) electrons. The van der Waals surface area contributed by atoms with E-state index in [4.69, 9.17) is 0 Å². The number of nitrogens with zero attached hydrogens (tertiary/aromatic N) is 2. The van der Waals surface area contributed by atoms with E-state index < -0.39 is 5.82 Å². The zero-order chi connectivity index (χ0) is 15.2. The Kier molecular flexibility index (Phi) is 5.85. The third-order valence-corrected chi connectivity index (χ3v) is 4.48. The summed E-state index contributed by atoms with van der Waals surface area (Å²) in [5, 5.41) is 0. The van der Waals surface area contributed by atoms with Crippen LogP contribution in [-0.2, 0) is 0 Å². The van der Waals surface area contributed by atoms with E-state index in [9.17, 15) is 9.18 Å². The van der Waals surface area contributed by atoms with Crippen LogP contribution >= 0.6 is 0 Å². The maximum absolute atomic E-state index is 12.8. The van der Waals surface area contributed by atoms with Crippen molar-refractivity contribution in [1.82, 2.24) is 9.88 Å². The molecule has 0 aliphatic carbocycles. The number of hydrogen-bond acceptors (Lipinski definition) is 3. The summed E-state index contributed by atoms with van der Waals surface area (Å²) in [4.78, 5) is 18.3. The smallest absolute Gasteiger partial charge is 0.182 e. The number of carbonyl (C=O) groups is 1. The van der Waals surface area contributed by atoms with E-state index in [0.29, 0.717) is 12.1 Å². The second-order valence-electron chi connectivity index (χ2n) is 6.31. The van der Waals surface area contributed by atoms with Gasteiger partial charge in [0.05, 0.1) is 6.20 Å². The molecule has 1 atom stereocenters. The number of likely N-dealkylation sites (tertiary alicyclic amines) is 1. The van der Waals surface area contributed by atoms with Crippen LogP contribution in [0.1, 0.15) is 50.0 Å². The maximum Gasteiger partial charge on any atom is 0.182 e. The van der Waals surface area contributed by atoms with Crippen molar-refractivity contribution in [2.45, 2.75) is 39.5 Å². The molecule has 1 aliphatic rings. The predicted octanol–water partition coefficient (Wildman–Crippen LogP) is 3.55. The Morgan fingerprint density at radius 2 is 2.19 bits per heavy atom. The van der Waals surface area contributed by atoms with Gasteiger partial charge in [-0.1, -0.05) is 13.8 Å². The van der Waals surface area contributed by atoms with Gasteiger partial charge in [0.2, 0.25) is 0 Å². The van der Waals surface area contributed by atoms with Crippen molar-refractivity contribution in [2.24, 2.45) is 11.8 Å². The van der Waals surface area contributed by atoms with Crippen molar-refractivity contribution < 1.29 is 9.18 Å². The average Bonchev–Trinajstić information content (AvgIpc) is 2.71. The first-order valence-electron chi connectivity index (χ1n) is 7.93. The minimum atomic E-state index is -0.404. The molecule has 0 spiro atoms. The Bertz CT molecular complexity index is 458. The number of rotatable bonds is 5. The second-order valence-corrected chi connectivity index (χ2v) is 6.31. The summed E-state index contributed by atoms with van der Waals surface area (Å²) >= 11 is 0. The number of hydrogen-bond donors (Lipinski definition) is 0. The van der Waals surface area contributed by atoms with E-state index >= 15 is 0 Å². The maximum atomic E-state index is 12.8. The van der Waals surface area contributed by atoms with Gasteiger partial charge in [-0.2, -0.15) is 0 Å². The lowest BCUT2D eigenvalue weighted by Crippen LogP contribution is -2.28. The Balaban J connectivity index is 1.80. The highest BCUT2D eigenvalue weighted by Gasteiger charge is 2.20. The summed E-state index contributed by atoms with van der Waals surface area (Å²) in [5.74, 6) is 1.15. The minimum Gasteiger partial charge on any atom is -0.303 e. The van der Waals surface area contributed by atoms with Gasteiger partial charge in [0.1, 0.15) is 11.5 Å². The molecule has 1 saturated heterocycles. The molecule has 2 heterocycles. The van der Waals surface area contributed by atoms with Crippen LogP contribution in [0.2, 0.25) is 0 Å². The predicted molar refractivity (Wildman–Crippen MR) is 81.8 cm³/mol. The van der Waals surface area contributed by atoms with E-state index in [2.05, 4.69) is 23.7 Å². The van der Waals surface area contributed by atoms with Crippen LogP contribution in [0, 0.1) is 17.7 Å². The highest BCUT2D eigenvalue weighted by atomic mass is 19.1. The molecule has 0 saturated carbocycles. The van der Waals surface area contributed by atoms with Crippen LogP contribution < -0.4 is 0 Å². The molecule has 2 rings (SSSR count). The topological polar surface area (TPSA) is 33.2 Å². The van der Waals surface area contributed by atoms with E-state index in [0.717, 1.165) is 37.7 Å². The lowest BCUT2D eigenvalue weighted by Gasteiger charge is -2.20. The van der Waals surface area contributed by atoms with Gasteiger partial charge in [0.25, 0.3) is 0 Å². The van der Waals surface area contributed by atoms with E-state index in [-0.39, 0.29) is 5.78 Å². The first kappa shape index (κ1) is 16.1. The Labute approximate surface area is 126 Å². The fourth-order valence-electron chi connectivity index (χ4n) is 3.00. The summed E-state index contributed by atoms with van der Waals surface area (Å²) in [6.07, 6.45) is 5.30. The van der Waals surface area contributed by atoms with Crippen molar-refractivity contribution in [3.05, 3.63) is 29.8 Å². The zero-order valence-corrected chi connectivity index (χ0v) is 13.0. The fourth-order valence-corrected chi connectivity index (χ4v) is 3.00. The molecular weight excluding hydrogens is 267 g/mol. The first-order chi connectivity index (χ1) is 10.1. The van der Waals surface area contributed by atoms with Gasteiger partial charge in [-0.05, 0) is 56.3 Å².